The molecule has 6 nitrogen and oxygen atoms in total. The van der Waals surface area contributed by atoms with E-state index >= 15 is 0 Å². The molecule has 0 N–H and O–H groups in total. The molecular weight excluding hydrogens is 350 g/mol. The van der Waals surface area contributed by atoms with Crippen molar-refractivity contribution < 1.29 is 4.52 Å². The average molecular weight is 371 g/mol. The fraction of sp³-hybridized carbons (Fsp3) is 0.182. The molecule has 0 saturated heterocycles. The fourth-order valence-corrected chi connectivity index (χ4v) is 3.09. The topological polar surface area (TPSA) is 67.9 Å². The van der Waals surface area contributed by atoms with E-state index < -0.39 is 0 Å². The van der Waals surface area contributed by atoms with Gasteiger partial charge in [-0.25, -0.2) is 9.97 Å². The van der Waals surface area contributed by atoms with E-state index in [1.165, 1.54) is 11.1 Å². The van der Waals surface area contributed by atoms with Gasteiger partial charge in [-0.3, -0.25) is 4.90 Å². The van der Waals surface area contributed by atoms with Gasteiger partial charge < -0.3 is 4.52 Å². The molecule has 0 bridgehead atoms. The maximum absolute atomic E-state index is 5.04. The Morgan fingerprint density at radius 1 is 0.857 bits per heavy atom. The lowest BCUT2D eigenvalue weighted by Crippen LogP contribution is -2.17. The average Bonchev–Trinajstić information content (AvgIpc) is 3.16. The van der Waals surface area contributed by atoms with Gasteiger partial charge in [-0.2, -0.15) is 4.98 Å². The first-order valence-electron chi connectivity index (χ1n) is 9.11. The quantitative estimate of drug-likeness (QED) is 0.507. The molecule has 0 spiro atoms. The van der Waals surface area contributed by atoms with E-state index in [0.717, 1.165) is 29.9 Å². The van der Waals surface area contributed by atoms with Crippen LogP contribution in [0.25, 0.3) is 22.5 Å². The molecule has 0 atom stereocenters. The molecule has 4 rings (SSSR count). The number of aromatic nitrogens is 4. The normalized spacial score (nSPS) is 11.1. The van der Waals surface area contributed by atoms with Gasteiger partial charge in [0.15, 0.2) is 0 Å². The third kappa shape index (κ3) is 4.29. The summed E-state index contributed by atoms with van der Waals surface area (Å²) in [6.45, 7) is 3.44. The van der Waals surface area contributed by atoms with E-state index in [1.54, 1.807) is 19.4 Å². The van der Waals surface area contributed by atoms with Gasteiger partial charge in [-0.05, 0) is 29.8 Å². The van der Waals surface area contributed by atoms with Gasteiger partial charge in [-0.1, -0.05) is 53.7 Å². The zero-order chi connectivity index (χ0) is 19.3. The number of rotatable bonds is 6. The van der Waals surface area contributed by atoms with Crippen molar-refractivity contribution in [2.45, 2.75) is 20.0 Å². The highest BCUT2D eigenvalue weighted by atomic mass is 16.5. The summed E-state index contributed by atoms with van der Waals surface area (Å²) in [6.07, 6.45) is 3.36. The largest absolute Gasteiger partial charge is 0.339 e. The lowest BCUT2D eigenvalue weighted by Gasteiger charge is -2.16. The number of benzene rings is 2. The van der Waals surface area contributed by atoms with Crippen LogP contribution >= 0.6 is 0 Å². The Labute approximate surface area is 163 Å². The monoisotopic (exact) mass is 371 g/mol. The molecule has 28 heavy (non-hydrogen) atoms. The number of nitrogens with zero attached hydrogens (tertiary/aromatic N) is 5. The van der Waals surface area contributed by atoms with Crippen LogP contribution in [-0.4, -0.2) is 32.1 Å². The van der Waals surface area contributed by atoms with Crippen LogP contribution in [0.15, 0.2) is 71.6 Å². The van der Waals surface area contributed by atoms with Gasteiger partial charge in [0.2, 0.25) is 11.7 Å². The molecule has 2 aromatic carbocycles. The zero-order valence-corrected chi connectivity index (χ0v) is 15.9. The molecule has 0 saturated carbocycles. The highest BCUT2D eigenvalue weighted by Gasteiger charge is 2.07. The van der Waals surface area contributed by atoms with Crippen molar-refractivity contribution in [3.05, 3.63) is 84.3 Å². The van der Waals surface area contributed by atoms with Crippen molar-refractivity contribution in [2.75, 3.05) is 7.05 Å². The Morgan fingerprint density at radius 3 is 2.14 bits per heavy atom. The predicted octanol–water partition coefficient (Wildman–Crippen LogP) is 4.13. The van der Waals surface area contributed by atoms with Crippen LogP contribution in [0.4, 0.5) is 0 Å². The van der Waals surface area contributed by atoms with E-state index in [0.29, 0.717) is 11.7 Å². The molecule has 0 amide bonds. The van der Waals surface area contributed by atoms with E-state index in [9.17, 15) is 0 Å². The molecule has 2 aromatic heterocycles. The molecular formula is C22H21N5O. The Morgan fingerprint density at radius 2 is 1.54 bits per heavy atom. The SMILES string of the molecule is Cc1nc(-c2ccc(-c3ccc(CN(C)Cc4ccncn4)cc3)cc2)no1. The van der Waals surface area contributed by atoms with Crippen molar-refractivity contribution in [3.8, 4) is 22.5 Å². The molecule has 140 valence electrons. The molecule has 0 fully saturated rings. The van der Waals surface area contributed by atoms with Crippen LogP contribution in [0.5, 0.6) is 0 Å². The third-order valence-corrected chi connectivity index (χ3v) is 4.49. The summed E-state index contributed by atoms with van der Waals surface area (Å²) in [5.74, 6) is 1.19. The van der Waals surface area contributed by atoms with Crippen LogP contribution in [0.3, 0.4) is 0 Å². The first kappa shape index (κ1) is 18.0. The molecule has 2 heterocycles. The standard InChI is InChI=1S/C22H21N5O/c1-16-25-22(26-28-16)20-9-7-19(8-10-20)18-5-3-17(4-6-18)13-27(2)14-21-11-12-23-15-24-21/h3-12,15H,13-14H2,1-2H3. The van der Waals surface area contributed by atoms with E-state index in [4.69, 9.17) is 4.52 Å². The highest BCUT2D eigenvalue weighted by molar-refractivity contribution is 5.67. The van der Waals surface area contributed by atoms with Gasteiger partial charge >= 0.3 is 0 Å². The van der Waals surface area contributed by atoms with Gasteiger partial charge in [0.1, 0.15) is 6.33 Å². The van der Waals surface area contributed by atoms with E-state index in [1.807, 2.05) is 18.2 Å². The molecule has 6 heteroatoms. The summed E-state index contributed by atoms with van der Waals surface area (Å²) in [7, 11) is 2.09. The number of hydrogen-bond donors (Lipinski definition) is 0. The Bertz CT molecular complexity index is 1030. The maximum atomic E-state index is 5.04. The minimum Gasteiger partial charge on any atom is -0.339 e. The second-order valence-electron chi connectivity index (χ2n) is 6.78. The predicted molar refractivity (Wildman–Crippen MR) is 107 cm³/mol. The Kier molecular flexibility index (Phi) is 5.21. The van der Waals surface area contributed by atoms with Crippen LogP contribution in [-0.2, 0) is 13.1 Å². The van der Waals surface area contributed by atoms with Crippen LogP contribution in [0, 0.1) is 6.92 Å². The second kappa shape index (κ2) is 8.10. The first-order chi connectivity index (χ1) is 13.7. The highest BCUT2D eigenvalue weighted by Crippen LogP contribution is 2.24. The molecule has 0 aliphatic carbocycles. The van der Waals surface area contributed by atoms with Crippen molar-refractivity contribution in [2.24, 2.45) is 0 Å². The van der Waals surface area contributed by atoms with Gasteiger partial charge in [0.25, 0.3) is 0 Å². The Balaban J connectivity index is 1.41. The summed E-state index contributed by atoms with van der Waals surface area (Å²) in [6, 6.07) is 18.8. The summed E-state index contributed by atoms with van der Waals surface area (Å²) < 4.78 is 5.04. The van der Waals surface area contributed by atoms with Crippen LogP contribution in [0.1, 0.15) is 17.1 Å². The summed E-state index contributed by atoms with van der Waals surface area (Å²) in [4.78, 5) is 14.7. The Hall–Kier alpha value is -3.38. The van der Waals surface area contributed by atoms with Gasteiger partial charge in [0, 0.05) is 31.8 Å². The zero-order valence-electron chi connectivity index (χ0n) is 15.9. The molecule has 0 aliphatic heterocycles. The fourth-order valence-electron chi connectivity index (χ4n) is 3.09. The van der Waals surface area contributed by atoms with E-state index in [2.05, 4.69) is 68.5 Å². The smallest absolute Gasteiger partial charge is 0.223 e. The maximum Gasteiger partial charge on any atom is 0.223 e. The van der Waals surface area contributed by atoms with Gasteiger partial charge in [-0.15, -0.1) is 0 Å². The van der Waals surface area contributed by atoms with Crippen molar-refractivity contribution in [3.63, 3.8) is 0 Å². The van der Waals surface area contributed by atoms with Gasteiger partial charge in [0.05, 0.1) is 5.69 Å². The van der Waals surface area contributed by atoms with E-state index in [-0.39, 0.29) is 0 Å². The molecule has 0 aliphatic rings. The van der Waals surface area contributed by atoms with Crippen LogP contribution < -0.4 is 0 Å². The van der Waals surface area contributed by atoms with Crippen molar-refractivity contribution >= 4 is 0 Å². The van der Waals surface area contributed by atoms with Crippen molar-refractivity contribution in [1.29, 1.82) is 0 Å². The lowest BCUT2D eigenvalue weighted by molar-refractivity contribution is 0.315. The molecule has 0 unspecified atom stereocenters. The molecule has 0 radical (unpaired) electrons. The minimum absolute atomic E-state index is 0.569. The lowest BCUT2D eigenvalue weighted by atomic mass is 10.0. The molecule has 4 aromatic rings. The third-order valence-electron chi connectivity index (χ3n) is 4.49. The minimum atomic E-state index is 0.569. The first-order valence-corrected chi connectivity index (χ1v) is 9.11. The summed E-state index contributed by atoms with van der Waals surface area (Å²) in [5.41, 5.74) is 5.57. The second-order valence-corrected chi connectivity index (χ2v) is 6.78. The van der Waals surface area contributed by atoms with Crippen molar-refractivity contribution in [1.82, 2.24) is 25.0 Å². The number of aryl methyl sites for hydroxylation is 1. The van der Waals surface area contributed by atoms with Crippen LogP contribution in [0.2, 0.25) is 0 Å². The summed E-state index contributed by atoms with van der Waals surface area (Å²) in [5, 5.41) is 3.96. The summed E-state index contributed by atoms with van der Waals surface area (Å²) >= 11 is 0. The number of hydrogen-bond acceptors (Lipinski definition) is 6.